The molecule has 0 bridgehead atoms. The number of piperidine rings is 1. The standard InChI is InChI=1S/C26H47N/c1-18(2)8-6-9-19(3)21-11-12-22-20-10-13-24-26(5,15-7-17-27-24)23(20)14-16-25(21,22)4/h18-24,27H,6-17H2,1-5H3/t19-,20+,21-,22+,23+,24?,25-,26-/m1/s1. The average molecular weight is 374 g/mol. The van der Waals surface area contributed by atoms with Crippen LogP contribution in [0.3, 0.4) is 0 Å². The third-order valence-electron chi connectivity index (χ3n) is 10.4. The van der Waals surface area contributed by atoms with Crippen molar-refractivity contribution in [3.63, 3.8) is 0 Å². The Kier molecular flexibility index (Phi) is 5.74. The Morgan fingerprint density at radius 2 is 1.63 bits per heavy atom. The number of hydrogen-bond acceptors (Lipinski definition) is 1. The van der Waals surface area contributed by atoms with Crippen molar-refractivity contribution < 1.29 is 0 Å². The Hall–Kier alpha value is -0.0400. The van der Waals surface area contributed by atoms with Crippen LogP contribution in [0.4, 0.5) is 0 Å². The summed E-state index contributed by atoms with van der Waals surface area (Å²) >= 11 is 0. The average Bonchev–Trinajstić information content (AvgIpc) is 2.98. The molecular weight excluding hydrogens is 326 g/mol. The molecule has 3 saturated carbocycles. The van der Waals surface area contributed by atoms with Gasteiger partial charge in [-0.25, -0.2) is 0 Å². The van der Waals surface area contributed by atoms with Crippen LogP contribution in [0, 0.1) is 46.3 Å². The molecule has 4 rings (SSSR count). The largest absolute Gasteiger partial charge is 0.313 e. The number of nitrogens with one attached hydrogen (secondary N) is 1. The number of hydrogen-bond donors (Lipinski definition) is 1. The molecule has 1 nitrogen and oxygen atoms in total. The summed E-state index contributed by atoms with van der Waals surface area (Å²) in [5, 5.41) is 3.92. The molecule has 3 aliphatic carbocycles. The van der Waals surface area contributed by atoms with Crippen molar-refractivity contribution in [1.29, 1.82) is 0 Å². The van der Waals surface area contributed by atoms with Crippen molar-refractivity contribution in [3.8, 4) is 0 Å². The Morgan fingerprint density at radius 1 is 0.852 bits per heavy atom. The van der Waals surface area contributed by atoms with Gasteiger partial charge < -0.3 is 5.32 Å². The van der Waals surface area contributed by atoms with Gasteiger partial charge in [-0.3, -0.25) is 0 Å². The summed E-state index contributed by atoms with van der Waals surface area (Å²) in [5.41, 5.74) is 1.26. The van der Waals surface area contributed by atoms with Crippen molar-refractivity contribution >= 4 is 0 Å². The van der Waals surface area contributed by atoms with Crippen LogP contribution in [0.15, 0.2) is 0 Å². The van der Waals surface area contributed by atoms with E-state index in [9.17, 15) is 0 Å². The third-order valence-corrected chi connectivity index (χ3v) is 10.4. The van der Waals surface area contributed by atoms with Gasteiger partial charge >= 0.3 is 0 Å². The van der Waals surface area contributed by atoms with Crippen LogP contribution in [0.5, 0.6) is 0 Å². The lowest BCUT2D eigenvalue weighted by Gasteiger charge is -2.60. The number of fused-ring (bicyclic) bond motifs is 5. The van der Waals surface area contributed by atoms with Gasteiger partial charge in [0.2, 0.25) is 0 Å². The first-order chi connectivity index (χ1) is 12.9. The second-order valence-electron chi connectivity index (χ2n) is 12.1. The monoisotopic (exact) mass is 373 g/mol. The summed E-state index contributed by atoms with van der Waals surface area (Å²) < 4.78 is 0. The van der Waals surface area contributed by atoms with Crippen LogP contribution in [0.25, 0.3) is 0 Å². The summed E-state index contributed by atoms with van der Waals surface area (Å²) in [6.07, 6.45) is 16.4. The molecule has 0 amide bonds. The molecule has 1 heteroatoms. The highest BCUT2D eigenvalue weighted by Crippen LogP contribution is 2.66. The first-order valence-electron chi connectivity index (χ1n) is 12.6. The van der Waals surface area contributed by atoms with Crippen molar-refractivity contribution in [2.75, 3.05) is 6.54 Å². The van der Waals surface area contributed by atoms with E-state index in [-0.39, 0.29) is 0 Å². The summed E-state index contributed by atoms with van der Waals surface area (Å²) in [6.45, 7) is 14.1. The maximum absolute atomic E-state index is 3.92. The molecule has 8 atom stereocenters. The van der Waals surface area contributed by atoms with Gasteiger partial charge in [-0.1, -0.05) is 53.9 Å². The van der Waals surface area contributed by atoms with Crippen molar-refractivity contribution in [2.24, 2.45) is 46.3 Å². The van der Waals surface area contributed by atoms with Gasteiger partial charge in [-0.2, -0.15) is 0 Å². The molecule has 1 saturated heterocycles. The van der Waals surface area contributed by atoms with Crippen molar-refractivity contribution in [3.05, 3.63) is 0 Å². The Balaban J connectivity index is 1.46. The molecule has 1 heterocycles. The highest BCUT2D eigenvalue weighted by atomic mass is 15.0. The highest BCUT2D eigenvalue weighted by molar-refractivity contribution is 5.10. The van der Waals surface area contributed by atoms with Crippen LogP contribution in [0.1, 0.15) is 105 Å². The zero-order chi connectivity index (χ0) is 19.2. The summed E-state index contributed by atoms with van der Waals surface area (Å²) in [4.78, 5) is 0. The molecule has 1 unspecified atom stereocenters. The Bertz CT molecular complexity index is 512. The predicted molar refractivity (Wildman–Crippen MR) is 117 cm³/mol. The molecule has 156 valence electrons. The van der Waals surface area contributed by atoms with E-state index >= 15 is 0 Å². The van der Waals surface area contributed by atoms with E-state index in [1.165, 1.54) is 70.8 Å². The van der Waals surface area contributed by atoms with Crippen LogP contribution < -0.4 is 5.32 Å². The lowest BCUT2D eigenvalue weighted by Crippen LogP contribution is -2.59. The lowest BCUT2D eigenvalue weighted by atomic mass is 9.46. The van der Waals surface area contributed by atoms with Crippen LogP contribution in [-0.2, 0) is 0 Å². The fraction of sp³-hybridized carbons (Fsp3) is 1.00. The lowest BCUT2D eigenvalue weighted by molar-refractivity contribution is -0.0984. The highest BCUT2D eigenvalue weighted by Gasteiger charge is 2.60. The minimum Gasteiger partial charge on any atom is -0.313 e. The van der Waals surface area contributed by atoms with Crippen molar-refractivity contribution in [2.45, 2.75) is 111 Å². The van der Waals surface area contributed by atoms with Gasteiger partial charge in [0.25, 0.3) is 0 Å². The topological polar surface area (TPSA) is 12.0 Å². The molecule has 0 radical (unpaired) electrons. The van der Waals surface area contributed by atoms with Gasteiger partial charge in [0.15, 0.2) is 0 Å². The first kappa shape index (κ1) is 20.2. The Labute approximate surface area is 169 Å². The van der Waals surface area contributed by atoms with Crippen LogP contribution >= 0.6 is 0 Å². The maximum Gasteiger partial charge on any atom is 0.0124 e. The van der Waals surface area contributed by atoms with Gasteiger partial charge in [-0.15, -0.1) is 0 Å². The minimum atomic E-state index is 0.601. The van der Waals surface area contributed by atoms with Crippen LogP contribution in [-0.4, -0.2) is 12.6 Å². The smallest absolute Gasteiger partial charge is 0.0124 e. The molecule has 0 aromatic rings. The molecule has 0 aromatic heterocycles. The quantitative estimate of drug-likeness (QED) is 0.544. The van der Waals surface area contributed by atoms with E-state index < -0.39 is 0 Å². The van der Waals surface area contributed by atoms with E-state index in [0.717, 1.165) is 41.5 Å². The van der Waals surface area contributed by atoms with Gasteiger partial charge in [0.1, 0.15) is 0 Å². The molecule has 1 N–H and O–H groups in total. The summed E-state index contributed by atoms with van der Waals surface area (Å²) in [6, 6.07) is 0.823. The predicted octanol–water partition coefficient (Wildman–Crippen LogP) is 7.06. The van der Waals surface area contributed by atoms with Gasteiger partial charge in [0.05, 0.1) is 0 Å². The van der Waals surface area contributed by atoms with E-state index in [1.54, 1.807) is 6.42 Å². The SMILES string of the molecule is CC(C)CCC[C@@H](C)[C@H]1CC[C@H]2[C@@H]3CCC4NCCC[C@]4(C)[C@H]3CC[C@]12C. The molecular formula is C26H47N. The fourth-order valence-electron chi connectivity index (χ4n) is 8.92. The zero-order valence-electron chi connectivity index (χ0n) is 19.0. The molecule has 4 fully saturated rings. The molecule has 1 aliphatic heterocycles. The molecule has 0 spiro atoms. The van der Waals surface area contributed by atoms with Gasteiger partial charge in [-0.05, 0) is 104 Å². The molecule has 27 heavy (non-hydrogen) atoms. The normalized spacial score (nSPS) is 48.0. The number of rotatable bonds is 5. The zero-order valence-corrected chi connectivity index (χ0v) is 19.0. The summed E-state index contributed by atoms with van der Waals surface area (Å²) in [7, 11) is 0. The van der Waals surface area contributed by atoms with E-state index in [2.05, 4.69) is 39.9 Å². The second kappa shape index (κ2) is 7.66. The van der Waals surface area contributed by atoms with E-state index in [4.69, 9.17) is 0 Å². The van der Waals surface area contributed by atoms with Crippen molar-refractivity contribution in [1.82, 2.24) is 5.32 Å². The third kappa shape index (κ3) is 3.43. The maximum atomic E-state index is 3.92. The van der Waals surface area contributed by atoms with Crippen LogP contribution in [0.2, 0.25) is 0 Å². The Morgan fingerprint density at radius 3 is 2.41 bits per heavy atom. The molecule has 0 aromatic carbocycles. The fourth-order valence-corrected chi connectivity index (χ4v) is 8.92. The minimum absolute atomic E-state index is 0.601. The molecule has 4 aliphatic rings. The van der Waals surface area contributed by atoms with E-state index in [1.807, 2.05) is 0 Å². The first-order valence-corrected chi connectivity index (χ1v) is 12.6. The second-order valence-corrected chi connectivity index (χ2v) is 12.1. The van der Waals surface area contributed by atoms with E-state index in [0.29, 0.717) is 10.8 Å². The summed E-state index contributed by atoms with van der Waals surface area (Å²) in [5.74, 6) is 5.91. The van der Waals surface area contributed by atoms with Gasteiger partial charge in [0, 0.05) is 6.04 Å².